The van der Waals surface area contributed by atoms with Gasteiger partial charge in [-0.1, -0.05) is 37.9 Å². The molecule has 5 heteroatoms. The van der Waals surface area contributed by atoms with Crippen LogP contribution in [0.15, 0.2) is 0 Å². The van der Waals surface area contributed by atoms with E-state index in [1.165, 1.54) is 19.3 Å². The van der Waals surface area contributed by atoms with Crippen LogP contribution in [-0.4, -0.2) is 17.1 Å². The third-order valence-electron chi connectivity index (χ3n) is 4.31. The van der Waals surface area contributed by atoms with Gasteiger partial charge in [-0.05, 0) is 43.4 Å². The monoisotopic (exact) mass is 316 g/mol. The van der Waals surface area contributed by atoms with E-state index in [4.69, 9.17) is 11.6 Å². The highest BCUT2D eigenvalue weighted by atomic mass is 35.5. The van der Waals surface area contributed by atoms with Crippen LogP contribution in [0.5, 0.6) is 0 Å². The van der Waals surface area contributed by atoms with Crippen molar-refractivity contribution in [2.75, 3.05) is 11.6 Å². The number of hydrogen-bond donors (Lipinski definition) is 0. The largest absolute Gasteiger partial charge is 0.441 e. The zero-order valence-electron chi connectivity index (χ0n) is 11.6. The first kappa shape index (κ1) is 17.5. The number of halogens is 4. The Morgan fingerprint density at radius 2 is 1.89 bits per heavy atom. The predicted molar refractivity (Wildman–Crippen MR) is 77.8 cm³/mol. The van der Waals surface area contributed by atoms with E-state index in [1.807, 2.05) is 0 Å². The summed E-state index contributed by atoms with van der Waals surface area (Å²) in [5.74, 6) is 1.42. The summed E-state index contributed by atoms with van der Waals surface area (Å²) in [6, 6.07) is 0. The van der Waals surface area contributed by atoms with Gasteiger partial charge in [-0.2, -0.15) is 13.2 Å². The van der Waals surface area contributed by atoms with Crippen molar-refractivity contribution >= 4 is 23.4 Å². The molecule has 0 aromatic heterocycles. The predicted octanol–water partition coefficient (Wildman–Crippen LogP) is 6.24. The minimum Gasteiger partial charge on any atom is -0.160 e. The molecular weight excluding hydrogens is 293 g/mol. The molecule has 1 fully saturated rings. The van der Waals surface area contributed by atoms with E-state index in [2.05, 4.69) is 6.92 Å². The number of unbranched alkanes of at least 4 members (excludes halogenated alkanes) is 1. The van der Waals surface area contributed by atoms with Gasteiger partial charge in [0, 0.05) is 11.6 Å². The first-order chi connectivity index (χ1) is 8.91. The van der Waals surface area contributed by atoms with Gasteiger partial charge in [0.05, 0.1) is 0 Å². The molecule has 1 saturated carbocycles. The molecule has 0 aromatic rings. The zero-order valence-corrected chi connectivity index (χ0v) is 13.1. The SMILES string of the molecule is CCCCC1CCC(CCl)(CCSC(F)(F)F)CC1. The molecule has 1 aliphatic rings. The third-order valence-corrected chi connectivity index (χ3v) is 5.62. The van der Waals surface area contributed by atoms with E-state index >= 15 is 0 Å². The Labute approximate surface area is 123 Å². The van der Waals surface area contributed by atoms with Crippen LogP contribution >= 0.6 is 23.4 Å². The Morgan fingerprint density at radius 1 is 1.26 bits per heavy atom. The Hall–Kier alpha value is 0.430. The summed E-state index contributed by atoms with van der Waals surface area (Å²) in [4.78, 5) is 0. The minimum atomic E-state index is -4.11. The molecule has 0 unspecified atom stereocenters. The van der Waals surface area contributed by atoms with Crippen LogP contribution in [0.25, 0.3) is 0 Å². The molecule has 1 rings (SSSR count). The van der Waals surface area contributed by atoms with Crippen molar-refractivity contribution in [1.29, 1.82) is 0 Å². The lowest BCUT2D eigenvalue weighted by Crippen LogP contribution is -2.30. The highest BCUT2D eigenvalue weighted by Crippen LogP contribution is 2.45. The van der Waals surface area contributed by atoms with Crippen LogP contribution in [0.2, 0.25) is 0 Å². The summed E-state index contributed by atoms with van der Waals surface area (Å²) in [6.45, 7) is 2.19. The summed E-state index contributed by atoms with van der Waals surface area (Å²) >= 11 is 6.15. The van der Waals surface area contributed by atoms with E-state index < -0.39 is 5.51 Å². The summed E-state index contributed by atoms with van der Waals surface area (Å²) < 4.78 is 36.5. The van der Waals surface area contributed by atoms with E-state index in [0.29, 0.717) is 12.3 Å². The molecule has 0 aromatic carbocycles. The molecule has 0 heterocycles. The molecule has 0 saturated heterocycles. The lowest BCUT2D eigenvalue weighted by molar-refractivity contribution is -0.0329. The number of rotatable bonds is 7. The lowest BCUT2D eigenvalue weighted by atomic mass is 9.69. The van der Waals surface area contributed by atoms with Crippen molar-refractivity contribution in [3.05, 3.63) is 0 Å². The van der Waals surface area contributed by atoms with Crippen LogP contribution in [-0.2, 0) is 0 Å². The van der Waals surface area contributed by atoms with Crippen LogP contribution < -0.4 is 0 Å². The van der Waals surface area contributed by atoms with Gasteiger partial charge in [-0.25, -0.2) is 0 Å². The van der Waals surface area contributed by atoms with Gasteiger partial charge in [0.25, 0.3) is 0 Å². The molecule has 0 radical (unpaired) electrons. The molecule has 1 aliphatic carbocycles. The first-order valence-corrected chi connectivity index (χ1v) is 8.69. The smallest absolute Gasteiger partial charge is 0.160 e. The van der Waals surface area contributed by atoms with Gasteiger partial charge < -0.3 is 0 Å². The maximum absolute atomic E-state index is 12.2. The normalized spacial score (nSPS) is 28.6. The molecular formula is C14H24ClF3S. The topological polar surface area (TPSA) is 0 Å². The van der Waals surface area contributed by atoms with Gasteiger partial charge in [-0.15, -0.1) is 11.6 Å². The molecule has 0 nitrogen and oxygen atoms in total. The van der Waals surface area contributed by atoms with E-state index in [-0.39, 0.29) is 22.9 Å². The second-order valence-corrected chi connectivity index (χ2v) is 7.19. The van der Waals surface area contributed by atoms with Gasteiger partial charge in [0.2, 0.25) is 0 Å². The summed E-state index contributed by atoms with van der Waals surface area (Å²) in [6.07, 6.45) is 8.65. The molecule has 19 heavy (non-hydrogen) atoms. The maximum atomic E-state index is 12.2. The van der Waals surface area contributed by atoms with Gasteiger partial charge >= 0.3 is 5.51 Å². The third kappa shape index (κ3) is 6.61. The quantitative estimate of drug-likeness (QED) is 0.501. The fourth-order valence-corrected chi connectivity index (χ4v) is 4.07. The highest BCUT2D eigenvalue weighted by molar-refractivity contribution is 8.00. The van der Waals surface area contributed by atoms with Crippen molar-refractivity contribution in [1.82, 2.24) is 0 Å². The van der Waals surface area contributed by atoms with E-state index in [9.17, 15) is 13.2 Å². The zero-order chi connectivity index (χ0) is 14.4. The Kier molecular flexibility index (Phi) is 7.37. The average molecular weight is 317 g/mol. The first-order valence-electron chi connectivity index (χ1n) is 7.17. The number of thioether (sulfide) groups is 1. The van der Waals surface area contributed by atoms with Crippen molar-refractivity contribution < 1.29 is 13.2 Å². The van der Waals surface area contributed by atoms with Crippen LogP contribution in [0.3, 0.4) is 0 Å². The maximum Gasteiger partial charge on any atom is 0.441 e. The summed E-state index contributed by atoms with van der Waals surface area (Å²) in [5, 5.41) is 0. The average Bonchev–Trinajstić information content (AvgIpc) is 2.36. The van der Waals surface area contributed by atoms with Crippen LogP contribution in [0.4, 0.5) is 13.2 Å². The summed E-state index contributed by atoms with van der Waals surface area (Å²) in [7, 11) is 0. The van der Waals surface area contributed by atoms with Gasteiger partial charge in [0.15, 0.2) is 0 Å². The molecule has 0 spiro atoms. The number of hydrogen-bond acceptors (Lipinski definition) is 1. The highest BCUT2D eigenvalue weighted by Gasteiger charge is 2.36. The van der Waals surface area contributed by atoms with Crippen LogP contribution in [0, 0.1) is 11.3 Å². The van der Waals surface area contributed by atoms with Crippen LogP contribution in [0.1, 0.15) is 58.3 Å². The Balaban J connectivity index is 2.33. The molecule has 0 N–H and O–H groups in total. The van der Waals surface area contributed by atoms with Crippen molar-refractivity contribution in [3.8, 4) is 0 Å². The van der Waals surface area contributed by atoms with Gasteiger partial charge in [0.1, 0.15) is 0 Å². The molecule has 0 amide bonds. The van der Waals surface area contributed by atoms with E-state index in [0.717, 1.165) is 31.6 Å². The minimum absolute atomic E-state index is 0.0392. The molecule has 0 bridgehead atoms. The molecule has 0 atom stereocenters. The van der Waals surface area contributed by atoms with Crippen molar-refractivity contribution in [3.63, 3.8) is 0 Å². The van der Waals surface area contributed by atoms with Crippen molar-refractivity contribution in [2.45, 2.75) is 63.8 Å². The van der Waals surface area contributed by atoms with Crippen molar-refractivity contribution in [2.24, 2.45) is 11.3 Å². The Morgan fingerprint density at radius 3 is 2.37 bits per heavy atom. The second kappa shape index (κ2) is 8.02. The standard InChI is InChI=1S/C14H24ClF3S/c1-2-3-4-12-5-7-13(11-15,8-6-12)9-10-19-14(16,17)18/h12H,2-11H2,1H3. The fourth-order valence-electron chi connectivity index (χ4n) is 2.91. The molecule has 114 valence electrons. The number of alkyl halides is 4. The summed E-state index contributed by atoms with van der Waals surface area (Å²) in [5.41, 5.74) is -4.14. The Bertz CT molecular complexity index is 248. The second-order valence-electron chi connectivity index (χ2n) is 5.76. The van der Waals surface area contributed by atoms with E-state index in [1.54, 1.807) is 0 Å². The van der Waals surface area contributed by atoms with Gasteiger partial charge in [-0.3, -0.25) is 0 Å². The molecule has 0 aliphatic heterocycles. The fraction of sp³-hybridized carbons (Fsp3) is 1.00. The lowest BCUT2D eigenvalue weighted by Gasteiger charge is -2.39.